The maximum absolute atomic E-state index is 11.5. The van der Waals surface area contributed by atoms with Crippen LogP contribution in [0.15, 0.2) is 0 Å². The van der Waals surface area contributed by atoms with Crippen LogP contribution in [0.4, 0.5) is 0 Å². The SMILES string of the molecule is CCC1CCC(N2CCC(CC)(C(=O)O)CC2)CC1. The third-order valence-electron chi connectivity index (χ3n) is 5.80. The normalized spacial score (nSPS) is 32.1. The molecule has 1 aliphatic heterocycles. The summed E-state index contributed by atoms with van der Waals surface area (Å²) >= 11 is 0. The van der Waals surface area contributed by atoms with Gasteiger partial charge in [-0.2, -0.15) is 0 Å². The summed E-state index contributed by atoms with van der Waals surface area (Å²) in [5.41, 5.74) is -0.433. The summed E-state index contributed by atoms with van der Waals surface area (Å²) in [6, 6.07) is 0.728. The third kappa shape index (κ3) is 3.13. The van der Waals surface area contributed by atoms with Gasteiger partial charge in [-0.15, -0.1) is 0 Å². The number of carbonyl (C=O) groups is 1. The standard InChI is InChI=1S/C16H29NO2/c1-3-13-5-7-14(8-6-13)17-11-9-16(4-2,10-12-17)15(18)19/h13-14H,3-12H2,1-2H3,(H,18,19). The molecule has 2 rings (SSSR count). The zero-order valence-electron chi connectivity index (χ0n) is 12.5. The summed E-state index contributed by atoms with van der Waals surface area (Å²) in [4.78, 5) is 14.0. The van der Waals surface area contributed by atoms with Gasteiger partial charge in [-0.1, -0.05) is 20.3 Å². The maximum atomic E-state index is 11.5. The topological polar surface area (TPSA) is 40.5 Å². The fourth-order valence-corrected chi connectivity index (χ4v) is 3.95. The number of likely N-dealkylation sites (tertiary alicyclic amines) is 1. The van der Waals surface area contributed by atoms with Gasteiger partial charge >= 0.3 is 5.97 Å². The summed E-state index contributed by atoms with van der Waals surface area (Å²) in [6.07, 6.45) is 9.17. The average Bonchev–Trinajstić information content (AvgIpc) is 2.47. The van der Waals surface area contributed by atoms with Gasteiger partial charge in [0.15, 0.2) is 0 Å². The number of carboxylic acid groups (broad SMARTS) is 1. The zero-order valence-corrected chi connectivity index (χ0v) is 12.5. The summed E-state index contributed by atoms with van der Waals surface area (Å²) < 4.78 is 0. The monoisotopic (exact) mass is 267 g/mol. The molecule has 0 atom stereocenters. The Balaban J connectivity index is 1.85. The lowest BCUT2D eigenvalue weighted by atomic mass is 9.75. The van der Waals surface area contributed by atoms with Crippen molar-refractivity contribution in [2.24, 2.45) is 11.3 Å². The molecular formula is C16H29NO2. The molecule has 0 bridgehead atoms. The van der Waals surface area contributed by atoms with Crippen molar-refractivity contribution in [3.05, 3.63) is 0 Å². The van der Waals surface area contributed by atoms with Crippen LogP contribution in [-0.4, -0.2) is 35.1 Å². The molecule has 110 valence electrons. The predicted molar refractivity (Wildman–Crippen MR) is 77.2 cm³/mol. The first-order valence-electron chi connectivity index (χ1n) is 8.08. The molecule has 0 amide bonds. The van der Waals surface area contributed by atoms with Crippen LogP contribution in [0.3, 0.4) is 0 Å². The number of rotatable bonds is 4. The molecule has 2 aliphatic rings. The fourth-order valence-electron chi connectivity index (χ4n) is 3.95. The van der Waals surface area contributed by atoms with Crippen molar-refractivity contribution >= 4 is 5.97 Å². The highest BCUT2D eigenvalue weighted by molar-refractivity contribution is 5.74. The van der Waals surface area contributed by atoms with Crippen LogP contribution in [0.1, 0.15) is 65.2 Å². The number of nitrogens with zero attached hydrogens (tertiary/aromatic N) is 1. The van der Waals surface area contributed by atoms with Crippen LogP contribution >= 0.6 is 0 Å². The Labute approximate surface area is 117 Å². The zero-order chi connectivity index (χ0) is 13.9. The molecule has 1 saturated heterocycles. The van der Waals surface area contributed by atoms with Crippen LogP contribution in [0, 0.1) is 11.3 Å². The molecule has 3 heteroatoms. The molecule has 2 fully saturated rings. The lowest BCUT2D eigenvalue weighted by Crippen LogP contribution is -2.48. The number of hydrogen-bond acceptors (Lipinski definition) is 2. The van der Waals surface area contributed by atoms with Gasteiger partial charge in [-0.3, -0.25) is 4.79 Å². The van der Waals surface area contributed by atoms with Gasteiger partial charge in [0.2, 0.25) is 0 Å². The van der Waals surface area contributed by atoms with Crippen LogP contribution in [0.2, 0.25) is 0 Å². The van der Waals surface area contributed by atoms with Crippen LogP contribution in [0.5, 0.6) is 0 Å². The fraction of sp³-hybridized carbons (Fsp3) is 0.938. The molecule has 0 radical (unpaired) electrons. The molecule has 1 saturated carbocycles. The quantitative estimate of drug-likeness (QED) is 0.847. The summed E-state index contributed by atoms with van der Waals surface area (Å²) in [5, 5.41) is 9.43. The molecule has 0 unspecified atom stereocenters. The number of carboxylic acids is 1. The van der Waals surface area contributed by atoms with Gasteiger partial charge in [0.05, 0.1) is 5.41 Å². The van der Waals surface area contributed by atoms with E-state index in [-0.39, 0.29) is 0 Å². The highest BCUT2D eigenvalue weighted by Crippen LogP contribution is 2.38. The van der Waals surface area contributed by atoms with Crippen molar-refractivity contribution in [2.45, 2.75) is 71.3 Å². The largest absolute Gasteiger partial charge is 0.481 e. The van der Waals surface area contributed by atoms with Crippen molar-refractivity contribution < 1.29 is 9.90 Å². The molecule has 0 aromatic rings. The Morgan fingerprint density at radius 1 is 1.16 bits per heavy atom. The van der Waals surface area contributed by atoms with Crippen LogP contribution in [0.25, 0.3) is 0 Å². The highest BCUT2D eigenvalue weighted by atomic mass is 16.4. The Bertz CT molecular complexity index is 300. The Morgan fingerprint density at radius 3 is 2.16 bits per heavy atom. The molecule has 19 heavy (non-hydrogen) atoms. The van der Waals surface area contributed by atoms with E-state index < -0.39 is 11.4 Å². The van der Waals surface area contributed by atoms with E-state index in [0.717, 1.165) is 44.3 Å². The van der Waals surface area contributed by atoms with Crippen molar-refractivity contribution in [3.8, 4) is 0 Å². The molecule has 3 nitrogen and oxygen atoms in total. The van der Waals surface area contributed by atoms with E-state index in [1.54, 1.807) is 0 Å². The van der Waals surface area contributed by atoms with Crippen LogP contribution < -0.4 is 0 Å². The lowest BCUT2D eigenvalue weighted by Gasteiger charge is -2.44. The molecule has 1 heterocycles. The van der Waals surface area contributed by atoms with Gasteiger partial charge in [-0.25, -0.2) is 0 Å². The Morgan fingerprint density at radius 2 is 1.74 bits per heavy atom. The maximum Gasteiger partial charge on any atom is 0.309 e. The van der Waals surface area contributed by atoms with Gasteiger partial charge in [0.25, 0.3) is 0 Å². The van der Waals surface area contributed by atoms with Gasteiger partial charge in [0, 0.05) is 6.04 Å². The second-order valence-corrected chi connectivity index (χ2v) is 6.56. The lowest BCUT2D eigenvalue weighted by molar-refractivity contribution is -0.152. The van der Waals surface area contributed by atoms with Gasteiger partial charge in [-0.05, 0) is 64.0 Å². The molecule has 0 aromatic carbocycles. The van der Waals surface area contributed by atoms with E-state index in [1.807, 2.05) is 6.92 Å². The van der Waals surface area contributed by atoms with Crippen molar-refractivity contribution in [3.63, 3.8) is 0 Å². The van der Waals surface area contributed by atoms with Gasteiger partial charge < -0.3 is 10.0 Å². The van der Waals surface area contributed by atoms with E-state index in [4.69, 9.17) is 0 Å². The first-order valence-corrected chi connectivity index (χ1v) is 8.08. The molecule has 0 aromatic heterocycles. The van der Waals surface area contributed by atoms with E-state index in [0.29, 0.717) is 0 Å². The molecular weight excluding hydrogens is 238 g/mol. The van der Waals surface area contributed by atoms with Gasteiger partial charge in [0.1, 0.15) is 0 Å². The predicted octanol–water partition coefficient (Wildman–Crippen LogP) is 3.53. The Hall–Kier alpha value is -0.570. The van der Waals surface area contributed by atoms with Crippen LogP contribution in [-0.2, 0) is 4.79 Å². The second-order valence-electron chi connectivity index (χ2n) is 6.56. The highest BCUT2D eigenvalue weighted by Gasteiger charge is 2.41. The smallest absolute Gasteiger partial charge is 0.309 e. The van der Waals surface area contributed by atoms with E-state index in [2.05, 4.69) is 11.8 Å². The van der Waals surface area contributed by atoms with Crippen molar-refractivity contribution in [1.82, 2.24) is 4.90 Å². The third-order valence-corrected chi connectivity index (χ3v) is 5.80. The minimum Gasteiger partial charge on any atom is -0.481 e. The first kappa shape index (κ1) is 14.8. The van der Waals surface area contributed by atoms with Crippen molar-refractivity contribution in [2.75, 3.05) is 13.1 Å². The summed E-state index contributed by atoms with van der Waals surface area (Å²) in [5.74, 6) is 0.360. The summed E-state index contributed by atoms with van der Waals surface area (Å²) in [6.45, 7) is 6.30. The minimum absolute atomic E-state index is 0.433. The van der Waals surface area contributed by atoms with E-state index in [9.17, 15) is 9.90 Å². The molecule has 0 spiro atoms. The van der Waals surface area contributed by atoms with Crippen molar-refractivity contribution in [1.29, 1.82) is 0 Å². The molecule has 1 N–H and O–H groups in total. The summed E-state index contributed by atoms with van der Waals surface area (Å²) in [7, 11) is 0. The van der Waals surface area contributed by atoms with E-state index in [1.165, 1.54) is 32.1 Å². The van der Waals surface area contributed by atoms with E-state index >= 15 is 0 Å². The minimum atomic E-state index is -0.579. The number of aliphatic carboxylic acids is 1. The number of hydrogen-bond donors (Lipinski definition) is 1. The molecule has 1 aliphatic carbocycles. The first-order chi connectivity index (χ1) is 9.11. The average molecular weight is 267 g/mol. The Kier molecular flexibility index (Phi) is 4.88. The number of piperidine rings is 1. The second kappa shape index (κ2) is 6.25.